The highest BCUT2D eigenvalue weighted by Crippen LogP contribution is 2.24. The van der Waals surface area contributed by atoms with E-state index in [0.29, 0.717) is 11.1 Å². The second kappa shape index (κ2) is 6.41. The molecule has 8 heteroatoms. The molecular formula is C14H11N3O5. The first-order valence-corrected chi connectivity index (χ1v) is 6.14. The van der Waals surface area contributed by atoms with Gasteiger partial charge in [-0.15, -0.1) is 0 Å². The van der Waals surface area contributed by atoms with Crippen LogP contribution in [0.25, 0.3) is 11.0 Å². The Balaban J connectivity index is 2.30. The molecule has 1 aromatic heterocycles. The maximum absolute atomic E-state index is 11.9. The molecule has 8 nitrogen and oxygen atoms in total. The Morgan fingerprint density at radius 2 is 2.14 bits per heavy atom. The van der Waals surface area contributed by atoms with Crippen molar-refractivity contribution in [3.63, 3.8) is 0 Å². The summed E-state index contributed by atoms with van der Waals surface area (Å²) >= 11 is 0. The molecule has 0 bridgehead atoms. The molecule has 2 N–H and O–H groups in total. The summed E-state index contributed by atoms with van der Waals surface area (Å²) in [6, 6.07) is 7.89. The van der Waals surface area contributed by atoms with Gasteiger partial charge in [-0.1, -0.05) is 12.1 Å². The lowest BCUT2D eigenvalue weighted by molar-refractivity contribution is -0.120. The summed E-state index contributed by atoms with van der Waals surface area (Å²) in [5.74, 6) is -1.17. The first kappa shape index (κ1) is 15.1. The first-order valence-electron chi connectivity index (χ1n) is 6.14. The highest BCUT2D eigenvalue weighted by atomic mass is 16.5. The second-order valence-electron chi connectivity index (χ2n) is 4.16. The van der Waals surface area contributed by atoms with Crippen molar-refractivity contribution in [3.05, 3.63) is 40.2 Å². The number of nitrogens with one attached hydrogen (secondary N) is 2. The van der Waals surface area contributed by atoms with Gasteiger partial charge < -0.3 is 9.15 Å². The number of ether oxygens (including phenoxy) is 1. The van der Waals surface area contributed by atoms with Crippen LogP contribution in [0, 0.1) is 11.3 Å². The quantitative estimate of drug-likeness (QED) is 0.628. The summed E-state index contributed by atoms with van der Waals surface area (Å²) < 4.78 is 10.2. The van der Waals surface area contributed by atoms with E-state index in [1.54, 1.807) is 24.3 Å². The molecule has 0 aliphatic rings. The van der Waals surface area contributed by atoms with E-state index in [-0.39, 0.29) is 11.1 Å². The number of methoxy groups -OCH3 is 1. The summed E-state index contributed by atoms with van der Waals surface area (Å²) in [5.41, 5.74) is 3.12. The van der Waals surface area contributed by atoms with Crippen LogP contribution in [0.3, 0.4) is 0 Å². The Morgan fingerprint density at radius 1 is 1.36 bits per heavy atom. The van der Waals surface area contributed by atoms with Gasteiger partial charge in [0.15, 0.2) is 11.3 Å². The van der Waals surface area contributed by atoms with Gasteiger partial charge >= 0.3 is 5.63 Å². The van der Waals surface area contributed by atoms with E-state index >= 15 is 0 Å². The minimum absolute atomic E-state index is 0.222. The fourth-order valence-electron chi connectivity index (χ4n) is 1.75. The van der Waals surface area contributed by atoms with E-state index in [0.717, 1.165) is 0 Å². The van der Waals surface area contributed by atoms with Gasteiger partial charge in [0.1, 0.15) is 12.0 Å². The largest absolute Gasteiger partial charge is 0.493 e. The molecule has 1 heterocycles. The second-order valence-corrected chi connectivity index (χ2v) is 4.16. The minimum Gasteiger partial charge on any atom is -0.493 e. The normalized spacial score (nSPS) is 9.82. The summed E-state index contributed by atoms with van der Waals surface area (Å²) in [7, 11) is 1.43. The van der Waals surface area contributed by atoms with E-state index < -0.39 is 23.9 Å². The number of nitrogens with zero attached hydrogens (tertiary/aromatic N) is 1. The lowest BCUT2D eigenvalue weighted by Gasteiger charge is -2.07. The molecule has 2 rings (SSSR count). The predicted molar refractivity (Wildman–Crippen MR) is 74.9 cm³/mol. The van der Waals surface area contributed by atoms with Crippen molar-refractivity contribution in [2.75, 3.05) is 7.11 Å². The van der Waals surface area contributed by atoms with Gasteiger partial charge in [0.25, 0.3) is 11.8 Å². The van der Waals surface area contributed by atoms with Crippen molar-refractivity contribution in [2.45, 2.75) is 6.42 Å². The van der Waals surface area contributed by atoms with Crippen LogP contribution in [0.1, 0.15) is 16.8 Å². The first-order chi connectivity index (χ1) is 10.6. The van der Waals surface area contributed by atoms with Crippen molar-refractivity contribution in [1.29, 1.82) is 5.26 Å². The third-order valence-corrected chi connectivity index (χ3v) is 2.74. The number of para-hydroxylation sites is 1. The number of rotatable bonds is 3. The number of fused-ring (bicyclic) bond motifs is 1. The van der Waals surface area contributed by atoms with Gasteiger partial charge in [0, 0.05) is 5.39 Å². The Labute approximate surface area is 124 Å². The van der Waals surface area contributed by atoms with E-state index in [2.05, 4.69) is 0 Å². The Morgan fingerprint density at radius 3 is 2.82 bits per heavy atom. The molecule has 0 aliphatic carbocycles. The Hall–Kier alpha value is -3.34. The number of nitriles is 1. The summed E-state index contributed by atoms with van der Waals surface area (Å²) in [6.45, 7) is 0. The van der Waals surface area contributed by atoms with Crippen LogP contribution < -0.4 is 21.2 Å². The average molecular weight is 301 g/mol. The third-order valence-electron chi connectivity index (χ3n) is 2.74. The van der Waals surface area contributed by atoms with Crippen LogP contribution in [0.2, 0.25) is 0 Å². The van der Waals surface area contributed by atoms with Crippen LogP contribution in [0.4, 0.5) is 0 Å². The van der Waals surface area contributed by atoms with Crippen molar-refractivity contribution < 1.29 is 18.7 Å². The number of carbonyl (C=O) groups is 2. The number of benzene rings is 1. The van der Waals surface area contributed by atoms with Gasteiger partial charge in [0.05, 0.1) is 13.2 Å². The smallest absolute Gasteiger partial charge is 0.349 e. The molecule has 22 heavy (non-hydrogen) atoms. The van der Waals surface area contributed by atoms with Gasteiger partial charge in [-0.2, -0.15) is 5.26 Å². The fraction of sp³-hybridized carbons (Fsp3) is 0.143. The van der Waals surface area contributed by atoms with Gasteiger partial charge in [0.2, 0.25) is 0 Å². The van der Waals surface area contributed by atoms with Crippen LogP contribution in [0.15, 0.2) is 33.5 Å². The number of carbonyl (C=O) groups excluding carboxylic acids is 2. The summed E-state index contributed by atoms with van der Waals surface area (Å²) in [4.78, 5) is 34.8. The van der Waals surface area contributed by atoms with Crippen LogP contribution in [0.5, 0.6) is 5.75 Å². The van der Waals surface area contributed by atoms with Crippen molar-refractivity contribution in [2.24, 2.45) is 0 Å². The zero-order valence-corrected chi connectivity index (χ0v) is 11.5. The zero-order valence-electron chi connectivity index (χ0n) is 11.5. The number of hydrazine groups is 1. The molecule has 0 aliphatic heterocycles. The van der Waals surface area contributed by atoms with Crippen LogP contribution >= 0.6 is 0 Å². The molecule has 0 unspecified atom stereocenters. The fourth-order valence-corrected chi connectivity index (χ4v) is 1.75. The van der Waals surface area contributed by atoms with E-state index in [9.17, 15) is 14.4 Å². The molecule has 0 saturated carbocycles. The Bertz CT molecular complexity index is 834. The van der Waals surface area contributed by atoms with E-state index in [1.807, 2.05) is 10.9 Å². The molecule has 0 fully saturated rings. The molecule has 1 aromatic carbocycles. The summed E-state index contributed by atoms with van der Waals surface area (Å²) in [5, 5.41) is 8.82. The molecule has 0 saturated heterocycles. The SMILES string of the molecule is COc1cccc2cc(C(=O)NNC(=O)CC#N)c(=O)oc12. The lowest BCUT2D eigenvalue weighted by Crippen LogP contribution is -2.42. The minimum atomic E-state index is -0.871. The maximum atomic E-state index is 11.9. The number of hydrogen-bond acceptors (Lipinski definition) is 6. The molecular weight excluding hydrogens is 290 g/mol. The molecule has 0 spiro atoms. The lowest BCUT2D eigenvalue weighted by atomic mass is 10.1. The third kappa shape index (κ3) is 3.04. The molecule has 2 amide bonds. The zero-order chi connectivity index (χ0) is 16.1. The van der Waals surface area contributed by atoms with Crippen molar-refractivity contribution in [1.82, 2.24) is 10.9 Å². The predicted octanol–water partition coefficient (Wildman–Crippen LogP) is 0.476. The molecule has 0 radical (unpaired) electrons. The van der Waals surface area contributed by atoms with Crippen molar-refractivity contribution >= 4 is 22.8 Å². The molecule has 0 atom stereocenters. The maximum Gasteiger partial charge on any atom is 0.349 e. The monoisotopic (exact) mass is 301 g/mol. The van der Waals surface area contributed by atoms with Gasteiger partial charge in [-0.25, -0.2) is 4.79 Å². The van der Waals surface area contributed by atoms with Crippen molar-refractivity contribution in [3.8, 4) is 11.8 Å². The highest BCUT2D eigenvalue weighted by Gasteiger charge is 2.16. The van der Waals surface area contributed by atoms with E-state index in [4.69, 9.17) is 14.4 Å². The van der Waals surface area contributed by atoms with Gasteiger partial charge in [-0.05, 0) is 12.1 Å². The number of amides is 2. The highest BCUT2D eigenvalue weighted by molar-refractivity contribution is 5.98. The molecule has 112 valence electrons. The van der Waals surface area contributed by atoms with E-state index in [1.165, 1.54) is 13.2 Å². The average Bonchev–Trinajstić information content (AvgIpc) is 2.51. The topological polar surface area (TPSA) is 121 Å². The van der Waals surface area contributed by atoms with Crippen LogP contribution in [-0.4, -0.2) is 18.9 Å². The van der Waals surface area contributed by atoms with Crippen LogP contribution in [-0.2, 0) is 4.79 Å². The summed E-state index contributed by atoms with van der Waals surface area (Å²) in [6.07, 6.45) is -0.413. The molecule has 2 aromatic rings. The Kier molecular flexibility index (Phi) is 4.38. The number of hydrogen-bond donors (Lipinski definition) is 2. The standard InChI is InChI=1S/C14H11N3O5/c1-21-10-4-2-3-8-7-9(14(20)22-12(8)10)13(19)17-16-11(18)5-6-15/h2-4,7H,5H2,1H3,(H,16,18)(H,17,19). The van der Waals surface area contributed by atoms with Gasteiger partial charge in [-0.3, -0.25) is 20.4 Å².